The van der Waals surface area contributed by atoms with E-state index in [1.165, 1.54) is 37.4 Å². The van der Waals surface area contributed by atoms with E-state index < -0.39 is 22.5 Å². The molecule has 0 bridgehead atoms. The van der Waals surface area contributed by atoms with Gasteiger partial charge in [0.1, 0.15) is 6.54 Å². The number of rotatable bonds is 10. The van der Waals surface area contributed by atoms with Gasteiger partial charge < -0.3 is 4.74 Å². The zero-order valence-electron chi connectivity index (χ0n) is 17.4. The highest BCUT2D eigenvalue weighted by Gasteiger charge is 2.30. The fraction of sp³-hybridized carbons (Fsp3) is 0.364. The molecule has 0 atom stereocenters. The molecule has 0 fully saturated rings. The second kappa shape index (κ2) is 10.6. The van der Waals surface area contributed by atoms with Crippen LogP contribution in [-0.4, -0.2) is 33.8 Å². The Hall–Kier alpha value is -2.38. The Bertz CT molecular complexity index is 1000. The summed E-state index contributed by atoms with van der Waals surface area (Å²) in [6.07, 6.45) is 2.78. The van der Waals surface area contributed by atoms with Crippen LogP contribution < -0.4 is 4.31 Å². The van der Waals surface area contributed by atoms with E-state index in [0.29, 0.717) is 11.4 Å². The van der Waals surface area contributed by atoms with E-state index in [1.807, 2.05) is 13.8 Å². The van der Waals surface area contributed by atoms with Crippen molar-refractivity contribution in [2.45, 2.75) is 44.4 Å². The Morgan fingerprint density at radius 1 is 1.07 bits per heavy atom. The minimum Gasteiger partial charge on any atom is -0.468 e. The number of ether oxygens (including phenoxy) is 1. The lowest BCUT2D eigenvalue weighted by molar-refractivity contribution is -0.138. The Labute approximate surface area is 182 Å². The van der Waals surface area contributed by atoms with Crippen molar-refractivity contribution in [1.29, 1.82) is 0 Å². The van der Waals surface area contributed by atoms with Crippen molar-refractivity contribution in [2.24, 2.45) is 0 Å². The highest BCUT2D eigenvalue weighted by atomic mass is 35.5. The second-order valence-corrected chi connectivity index (χ2v) is 9.24. The summed E-state index contributed by atoms with van der Waals surface area (Å²) in [4.78, 5) is 24.9. The first-order valence-corrected chi connectivity index (χ1v) is 11.5. The lowest BCUT2D eigenvalue weighted by Crippen LogP contribution is -2.37. The van der Waals surface area contributed by atoms with Crippen LogP contribution in [0.25, 0.3) is 0 Å². The van der Waals surface area contributed by atoms with Crippen LogP contribution in [0.5, 0.6) is 0 Å². The molecule has 2 rings (SSSR count). The van der Waals surface area contributed by atoms with Gasteiger partial charge in [-0.15, -0.1) is 0 Å². The number of sulfonamides is 1. The highest BCUT2D eigenvalue weighted by molar-refractivity contribution is 7.92. The number of Topliss-reactive ketones (excluding diaryl/α,β-unsaturated/α-hetero) is 1. The number of esters is 1. The van der Waals surface area contributed by atoms with Crippen LogP contribution in [0.15, 0.2) is 47.4 Å². The lowest BCUT2D eigenvalue weighted by atomic mass is 10.0. The zero-order valence-corrected chi connectivity index (χ0v) is 18.9. The average molecular weight is 452 g/mol. The molecule has 0 aliphatic heterocycles. The molecule has 2 aromatic rings. The van der Waals surface area contributed by atoms with Crippen molar-refractivity contribution in [3.63, 3.8) is 0 Å². The fourth-order valence-corrected chi connectivity index (χ4v) is 4.54. The van der Waals surface area contributed by atoms with Crippen molar-refractivity contribution >= 4 is 39.1 Å². The van der Waals surface area contributed by atoms with Gasteiger partial charge in [0.2, 0.25) is 0 Å². The number of aryl methyl sites for hydroxylation is 1. The van der Waals surface area contributed by atoms with Crippen LogP contribution in [0.4, 0.5) is 5.69 Å². The number of nitrogens with zero attached hydrogens (tertiary/aromatic N) is 1. The maximum Gasteiger partial charge on any atom is 0.326 e. The summed E-state index contributed by atoms with van der Waals surface area (Å²) >= 11 is 6.10. The predicted octanol–water partition coefficient (Wildman–Crippen LogP) is 4.78. The predicted molar refractivity (Wildman–Crippen MR) is 118 cm³/mol. The number of carbonyl (C=O) groups excluding carboxylic acids is 2. The van der Waals surface area contributed by atoms with Gasteiger partial charge in [-0.3, -0.25) is 13.9 Å². The normalized spacial score (nSPS) is 11.2. The first-order valence-electron chi connectivity index (χ1n) is 9.69. The first-order chi connectivity index (χ1) is 14.2. The Morgan fingerprint density at radius 2 is 1.73 bits per heavy atom. The van der Waals surface area contributed by atoms with Crippen LogP contribution >= 0.6 is 11.6 Å². The lowest BCUT2D eigenvalue weighted by Gasteiger charge is -2.25. The molecule has 2 aromatic carbocycles. The number of halogens is 1. The number of anilines is 1. The molecule has 0 saturated carbocycles. The van der Waals surface area contributed by atoms with E-state index in [1.54, 1.807) is 12.1 Å². The van der Waals surface area contributed by atoms with Crippen LogP contribution in [0, 0.1) is 6.92 Å². The summed E-state index contributed by atoms with van der Waals surface area (Å²) in [6.45, 7) is 3.31. The van der Waals surface area contributed by atoms with E-state index in [2.05, 4.69) is 0 Å². The standard InChI is InChI=1S/C22H26ClNO5S/c1-4-5-6-7-21(25)19-14-17(23)10-13-20(19)24(15-22(26)29-3)30(27,28)18-11-8-16(2)9-12-18/h8-14H,4-7,15H2,1-3H3. The fourth-order valence-electron chi connectivity index (χ4n) is 2.94. The van der Waals surface area contributed by atoms with Crippen LogP contribution in [0.1, 0.15) is 48.5 Å². The SMILES string of the molecule is CCCCCC(=O)c1cc(Cl)ccc1N(CC(=O)OC)S(=O)(=O)c1ccc(C)cc1. The molecule has 8 heteroatoms. The second-order valence-electron chi connectivity index (χ2n) is 6.94. The molecule has 0 heterocycles. The summed E-state index contributed by atoms with van der Waals surface area (Å²) in [5, 5.41) is 0.309. The number of hydrogen-bond donors (Lipinski definition) is 0. The van der Waals surface area contributed by atoms with Crippen LogP contribution in [0.3, 0.4) is 0 Å². The maximum absolute atomic E-state index is 13.4. The number of hydrogen-bond acceptors (Lipinski definition) is 5. The molecule has 6 nitrogen and oxygen atoms in total. The van der Waals surface area contributed by atoms with Crippen molar-refractivity contribution in [2.75, 3.05) is 18.0 Å². The van der Waals surface area contributed by atoms with E-state index in [-0.39, 0.29) is 28.4 Å². The molecule has 162 valence electrons. The third-order valence-electron chi connectivity index (χ3n) is 4.64. The van der Waals surface area contributed by atoms with Gasteiger partial charge >= 0.3 is 5.97 Å². The largest absolute Gasteiger partial charge is 0.468 e. The Balaban J connectivity index is 2.58. The topological polar surface area (TPSA) is 80.8 Å². The van der Waals surface area contributed by atoms with Crippen LogP contribution in [0.2, 0.25) is 5.02 Å². The van der Waals surface area contributed by atoms with Gasteiger partial charge in [0, 0.05) is 17.0 Å². The van der Waals surface area contributed by atoms with Crippen molar-refractivity contribution < 1.29 is 22.7 Å². The highest BCUT2D eigenvalue weighted by Crippen LogP contribution is 2.31. The smallest absolute Gasteiger partial charge is 0.326 e. The Kier molecular flexibility index (Phi) is 8.43. The van der Waals surface area contributed by atoms with Gasteiger partial charge in [-0.2, -0.15) is 0 Å². The number of unbranched alkanes of at least 4 members (excludes halogenated alkanes) is 2. The van der Waals surface area contributed by atoms with Crippen molar-refractivity contribution in [3.05, 3.63) is 58.6 Å². The minimum absolute atomic E-state index is 0.0105. The number of methoxy groups -OCH3 is 1. The van der Waals surface area contributed by atoms with E-state index >= 15 is 0 Å². The summed E-state index contributed by atoms with van der Waals surface area (Å²) in [5.41, 5.74) is 1.16. The van der Waals surface area contributed by atoms with Gasteiger partial charge in [-0.1, -0.05) is 49.1 Å². The summed E-state index contributed by atoms with van der Waals surface area (Å²) in [6, 6.07) is 10.7. The first kappa shape index (κ1) is 23.9. The molecule has 0 amide bonds. The molecule has 0 radical (unpaired) electrons. The monoisotopic (exact) mass is 451 g/mol. The molecule has 0 saturated heterocycles. The van der Waals surface area contributed by atoms with E-state index in [9.17, 15) is 18.0 Å². The van der Waals surface area contributed by atoms with Crippen molar-refractivity contribution in [3.8, 4) is 0 Å². The summed E-state index contributed by atoms with van der Waals surface area (Å²) in [7, 11) is -2.95. The summed E-state index contributed by atoms with van der Waals surface area (Å²) in [5.74, 6) is -0.972. The zero-order chi connectivity index (χ0) is 22.3. The molecule has 0 spiro atoms. The third-order valence-corrected chi connectivity index (χ3v) is 6.65. The molecule has 0 aliphatic rings. The van der Waals surface area contributed by atoms with E-state index in [0.717, 1.165) is 22.7 Å². The Morgan fingerprint density at radius 3 is 2.33 bits per heavy atom. The number of ketones is 1. The van der Waals surface area contributed by atoms with Crippen LogP contribution in [-0.2, 0) is 19.6 Å². The molecule has 0 aliphatic carbocycles. The van der Waals surface area contributed by atoms with Gasteiger partial charge in [0.05, 0.1) is 17.7 Å². The van der Waals surface area contributed by atoms with Gasteiger partial charge in [-0.25, -0.2) is 8.42 Å². The number of benzene rings is 2. The summed E-state index contributed by atoms with van der Waals surface area (Å²) < 4.78 is 32.4. The quantitative estimate of drug-likeness (QED) is 0.295. The molecule has 0 unspecified atom stereocenters. The van der Waals surface area contributed by atoms with E-state index in [4.69, 9.17) is 16.3 Å². The molecule has 0 aromatic heterocycles. The molecular weight excluding hydrogens is 426 g/mol. The van der Waals surface area contributed by atoms with Gasteiger partial charge in [0.15, 0.2) is 5.78 Å². The van der Waals surface area contributed by atoms with Gasteiger partial charge in [-0.05, 0) is 43.7 Å². The molecule has 0 N–H and O–H groups in total. The van der Waals surface area contributed by atoms with Gasteiger partial charge in [0.25, 0.3) is 10.0 Å². The average Bonchev–Trinajstić information content (AvgIpc) is 2.72. The third kappa shape index (κ3) is 5.83. The maximum atomic E-state index is 13.4. The molecule has 30 heavy (non-hydrogen) atoms. The molecular formula is C22H26ClNO5S. The minimum atomic E-state index is -4.13. The van der Waals surface area contributed by atoms with Crippen molar-refractivity contribution in [1.82, 2.24) is 0 Å². The number of carbonyl (C=O) groups is 2.